The van der Waals surface area contributed by atoms with Gasteiger partial charge in [0.25, 0.3) is 5.91 Å². The number of rotatable bonds is 9. The fourth-order valence-corrected chi connectivity index (χ4v) is 3.82. The molecule has 6 heteroatoms. The maximum atomic E-state index is 13.0. The lowest BCUT2D eigenvalue weighted by molar-refractivity contribution is 0.0772. The van der Waals surface area contributed by atoms with Crippen LogP contribution < -0.4 is 15.8 Å². The van der Waals surface area contributed by atoms with Gasteiger partial charge in [0, 0.05) is 36.0 Å². The molecule has 3 rings (SSSR count). The summed E-state index contributed by atoms with van der Waals surface area (Å²) in [4.78, 5) is 18.9. The Kier molecular flexibility index (Phi) is 7.13. The first-order valence-corrected chi connectivity index (χ1v) is 10.6. The van der Waals surface area contributed by atoms with Crippen LogP contribution in [0.2, 0.25) is 0 Å². The van der Waals surface area contributed by atoms with Crippen molar-refractivity contribution >= 4 is 5.91 Å². The number of nitrogens with two attached hydrogens (primary N) is 1. The molecule has 2 unspecified atom stereocenters. The standard InChI is InChI=1S/C25H32N4O2/c1-5-7-23(18(2)26)28-25(3,4)20-11-9-19(10-12-20)24(30)29-15-13-22(17-29)31-21-8-6-14-27-16-21/h5-6,8-12,14,16,22-23,28H,1-2,7,13,15,17,26H2,3-4H3. The van der Waals surface area contributed by atoms with Crippen LogP contribution in [-0.4, -0.2) is 41.0 Å². The quantitative estimate of drug-likeness (QED) is 0.606. The summed E-state index contributed by atoms with van der Waals surface area (Å²) >= 11 is 0. The average Bonchev–Trinajstić information content (AvgIpc) is 3.22. The van der Waals surface area contributed by atoms with E-state index in [4.69, 9.17) is 10.5 Å². The normalized spacial score (nSPS) is 17.2. The molecule has 1 saturated heterocycles. The van der Waals surface area contributed by atoms with Crippen molar-refractivity contribution in [2.45, 2.75) is 44.4 Å². The second-order valence-corrected chi connectivity index (χ2v) is 8.47. The Morgan fingerprint density at radius 2 is 2.13 bits per heavy atom. The van der Waals surface area contributed by atoms with E-state index in [2.05, 4.69) is 37.3 Å². The largest absolute Gasteiger partial charge is 0.487 e. The van der Waals surface area contributed by atoms with Gasteiger partial charge in [-0.1, -0.05) is 24.8 Å². The zero-order chi connectivity index (χ0) is 22.4. The predicted molar refractivity (Wildman–Crippen MR) is 124 cm³/mol. The maximum Gasteiger partial charge on any atom is 0.253 e. The smallest absolute Gasteiger partial charge is 0.253 e. The highest BCUT2D eigenvalue weighted by molar-refractivity contribution is 5.94. The third-order valence-electron chi connectivity index (χ3n) is 5.61. The van der Waals surface area contributed by atoms with Crippen molar-refractivity contribution in [1.29, 1.82) is 0 Å². The molecule has 2 atom stereocenters. The summed E-state index contributed by atoms with van der Waals surface area (Å²) in [5.41, 5.74) is 7.92. The molecule has 1 aliphatic heterocycles. The Morgan fingerprint density at radius 1 is 1.39 bits per heavy atom. The molecule has 0 spiro atoms. The van der Waals surface area contributed by atoms with Crippen molar-refractivity contribution < 1.29 is 9.53 Å². The number of carbonyl (C=O) groups excluding carboxylic acids is 1. The van der Waals surface area contributed by atoms with Gasteiger partial charge in [-0.3, -0.25) is 15.1 Å². The van der Waals surface area contributed by atoms with E-state index in [0.717, 1.165) is 17.7 Å². The molecule has 3 N–H and O–H groups in total. The second kappa shape index (κ2) is 9.79. The van der Waals surface area contributed by atoms with Crippen molar-refractivity contribution in [2.75, 3.05) is 13.1 Å². The molecule has 0 aliphatic carbocycles. The number of likely N-dealkylation sites (tertiary alicyclic amines) is 1. The number of hydrogen-bond donors (Lipinski definition) is 2. The van der Waals surface area contributed by atoms with Crippen LogP contribution in [0.15, 0.2) is 73.7 Å². The third kappa shape index (κ3) is 5.73. The monoisotopic (exact) mass is 420 g/mol. The van der Waals surface area contributed by atoms with Gasteiger partial charge in [0.2, 0.25) is 0 Å². The Labute approximate surface area is 184 Å². The molecule has 1 aliphatic rings. The molecular formula is C25H32N4O2. The molecule has 2 heterocycles. The molecule has 0 radical (unpaired) electrons. The molecule has 164 valence electrons. The number of pyridine rings is 1. The van der Waals surface area contributed by atoms with Crippen LogP contribution in [0.25, 0.3) is 0 Å². The highest BCUT2D eigenvalue weighted by atomic mass is 16.5. The highest BCUT2D eigenvalue weighted by Crippen LogP contribution is 2.24. The molecule has 1 aromatic carbocycles. The van der Waals surface area contributed by atoms with E-state index in [1.54, 1.807) is 12.4 Å². The van der Waals surface area contributed by atoms with Crippen molar-refractivity contribution in [1.82, 2.24) is 15.2 Å². The minimum atomic E-state index is -0.339. The molecule has 1 amide bonds. The Balaban J connectivity index is 1.62. The first kappa shape index (κ1) is 22.6. The number of ether oxygens (including phenoxy) is 1. The van der Waals surface area contributed by atoms with E-state index >= 15 is 0 Å². The topological polar surface area (TPSA) is 80.5 Å². The first-order valence-electron chi connectivity index (χ1n) is 10.6. The van der Waals surface area contributed by atoms with Gasteiger partial charge in [-0.2, -0.15) is 0 Å². The number of hydrogen-bond acceptors (Lipinski definition) is 5. The summed E-state index contributed by atoms with van der Waals surface area (Å²) in [6.45, 7) is 13.1. The Bertz CT molecular complexity index is 909. The van der Waals surface area contributed by atoms with Crippen LogP contribution >= 0.6 is 0 Å². The van der Waals surface area contributed by atoms with Gasteiger partial charge in [0.05, 0.1) is 18.8 Å². The van der Waals surface area contributed by atoms with Gasteiger partial charge in [-0.25, -0.2) is 0 Å². The molecule has 31 heavy (non-hydrogen) atoms. The molecule has 0 bridgehead atoms. The number of aromatic nitrogens is 1. The van der Waals surface area contributed by atoms with Gasteiger partial charge in [-0.05, 0) is 50.1 Å². The lowest BCUT2D eigenvalue weighted by Gasteiger charge is -2.32. The summed E-state index contributed by atoms with van der Waals surface area (Å²) < 4.78 is 5.94. The number of nitrogens with zero attached hydrogens (tertiary/aromatic N) is 2. The predicted octanol–water partition coefficient (Wildman–Crippen LogP) is 3.62. The number of benzene rings is 1. The molecule has 2 aromatic rings. The molecular weight excluding hydrogens is 388 g/mol. The fraction of sp³-hybridized carbons (Fsp3) is 0.360. The van der Waals surface area contributed by atoms with E-state index in [-0.39, 0.29) is 23.6 Å². The summed E-state index contributed by atoms with van der Waals surface area (Å²) in [6, 6.07) is 11.4. The molecule has 1 aromatic heterocycles. The summed E-state index contributed by atoms with van der Waals surface area (Å²) in [6.07, 6.45) is 6.73. The van der Waals surface area contributed by atoms with Crippen LogP contribution in [0.3, 0.4) is 0 Å². The highest BCUT2D eigenvalue weighted by Gasteiger charge is 2.29. The summed E-state index contributed by atoms with van der Waals surface area (Å²) in [7, 11) is 0. The lowest BCUT2D eigenvalue weighted by atomic mass is 9.91. The minimum Gasteiger partial charge on any atom is -0.487 e. The minimum absolute atomic E-state index is 0.0123. The van der Waals surface area contributed by atoms with Gasteiger partial charge in [0.1, 0.15) is 11.9 Å². The van der Waals surface area contributed by atoms with Crippen molar-refractivity contribution in [2.24, 2.45) is 5.73 Å². The zero-order valence-electron chi connectivity index (χ0n) is 18.4. The van der Waals surface area contributed by atoms with E-state index < -0.39 is 0 Å². The van der Waals surface area contributed by atoms with Crippen molar-refractivity contribution in [3.8, 4) is 5.75 Å². The number of carbonyl (C=O) groups is 1. The molecule has 6 nitrogen and oxygen atoms in total. The van der Waals surface area contributed by atoms with E-state index in [9.17, 15) is 4.79 Å². The van der Waals surface area contributed by atoms with Crippen LogP contribution in [0.4, 0.5) is 0 Å². The van der Waals surface area contributed by atoms with E-state index in [1.165, 1.54) is 0 Å². The summed E-state index contributed by atoms with van der Waals surface area (Å²) in [5, 5.41) is 3.53. The lowest BCUT2D eigenvalue weighted by Crippen LogP contribution is -2.45. The summed E-state index contributed by atoms with van der Waals surface area (Å²) in [5.74, 6) is 0.755. The van der Waals surface area contributed by atoms with Gasteiger partial charge in [-0.15, -0.1) is 6.58 Å². The van der Waals surface area contributed by atoms with Gasteiger partial charge < -0.3 is 15.4 Å². The second-order valence-electron chi connectivity index (χ2n) is 8.47. The van der Waals surface area contributed by atoms with Crippen LogP contribution in [0.1, 0.15) is 42.6 Å². The Hall–Kier alpha value is -3.12. The SMILES string of the molecule is C=CCC(NC(C)(C)c1ccc(C(=O)N2CCC(Oc3cccnc3)C2)cc1)C(=C)N. The third-order valence-corrected chi connectivity index (χ3v) is 5.61. The van der Waals surface area contributed by atoms with Crippen LogP contribution in [0.5, 0.6) is 5.75 Å². The van der Waals surface area contributed by atoms with Gasteiger partial charge >= 0.3 is 0 Å². The Morgan fingerprint density at radius 3 is 2.74 bits per heavy atom. The average molecular weight is 421 g/mol. The fourth-order valence-electron chi connectivity index (χ4n) is 3.82. The first-order chi connectivity index (χ1) is 14.8. The van der Waals surface area contributed by atoms with Gasteiger partial charge in [0.15, 0.2) is 0 Å². The van der Waals surface area contributed by atoms with Crippen molar-refractivity contribution in [3.63, 3.8) is 0 Å². The molecule has 0 saturated carbocycles. The van der Waals surface area contributed by atoms with Crippen LogP contribution in [0, 0.1) is 0 Å². The van der Waals surface area contributed by atoms with E-state index in [0.29, 0.717) is 30.8 Å². The van der Waals surface area contributed by atoms with Crippen LogP contribution in [-0.2, 0) is 5.54 Å². The van der Waals surface area contributed by atoms with E-state index in [1.807, 2.05) is 47.4 Å². The molecule has 1 fully saturated rings. The van der Waals surface area contributed by atoms with Crippen molar-refractivity contribution in [3.05, 3.63) is 84.8 Å². The maximum absolute atomic E-state index is 13.0. The zero-order valence-corrected chi connectivity index (χ0v) is 18.4. The number of amides is 1. The number of nitrogens with one attached hydrogen (secondary N) is 1.